The molecule has 0 spiro atoms. The first kappa shape index (κ1) is 14.5. The van der Waals surface area contributed by atoms with Gasteiger partial charge in [0, 0.05) is 4.90 Å². The lowest BCUT2D eigenvalue weighted by molar-refractivity contribution is 0.0918. The summed E-state index contributed by atoms with van der Waals surface area (Å²) in [5.74, 6) is 1.15. The highest BCUT2D eigenvalue weighted by Gasteiger charge is 2.12. The molecule has 2 aromatic rings. The fourth-order valence-corrected chi connectivity index (χ4v) is 2.18. The van der Waals surface area contributed by atoms with E-state index in [1.165, 1.54) is 0 Å². The van der Waals surface area contributed by atoms with Crippen molar-refractivity contribution in [3.63, 3.8) is 0 Å². The third-order valence-corrected chi connectivity index (χ3v) is 3.58. The Labute approximate surface area is 122 Å². The van der Waals surface area contributed by atoms with Crippen LogP contribution in [-0.4, -0.2) is 25.8 Å². The predicted octanol–water partition coefficient (Wildman–Crippen LogP) is 3.68. The topological polar surface area (TPSA) is 35.5 Å². The van der Waals surface area contributed by atoms with Gasteiger partial charge in [-0.05, 0) is 42.7 Å². The van der Waals surface area contributed by atoms with E-state index in [1.807, 2.05) is 42.7 Å². The van der Waals surface area contributed by atoms with Gasteiger partial charge in [-0.15, -0.1) is 11.8 Å². The van der Waals surface area contributed by atoms with Gasteiger partial charge in [0.1, 0.15) is 11.5 Å². The van der Waals surface area contributed by atoms with Crippen LogP contribution in [0.5, 0.6) is 11.5 Å². The molecule has 0 unspecified atom stereocenters. The second-order valence-corrected chi connectivity index (χ2v) is 4.97. The Bertz CT molecular complexity index is 579. The van der Waals surface area contributed by atoms with Gasteiger partial charge in [0.15, 0.2) is 6.61 Å². The fourth-order valence-electron chi connectivity index (χ4n) is 1.77. The van der Waals surface area contributed by atoms with E-state index >= 15 is 0 Å². The van der Waals surface area contributed by atoms with Crippen molar-refractivity contribution in [2.45, 2.75) is 4.90 Å². The molecule has 0 aliphatic carbocycles. The zero-order chi connectivity index (χ0) is 14.4. The van der Waals surface area contributed by atoms with Crippen LogP contribution in [0.1, 0.15) is 10.4 Å². The fraction of sp³-hybridized carbons (Fsp3) is 0.188. The number of methoxy groups -OCH3 is 1. The number of benzene rings is 2. The van der Waals surface area contributed by atoms with Crippen LogP contribution in [0.15, 0.2) is 53.4 Å². The summed E-state index contributed by atoms with van der Waals surface area (Å²) >= 11 is 1.66. The molecule has 0 bridgehead atoms. The minimum atomic E-state index is -0.101. The molecule has 0 amide bonds. The number of thioether (sulfide) groups is 1. The van der Waals surface area contributed by atoms with E-state index in [0.717, 1.165) is 4.90 Å². The largest absolute Gasteiger partial charge is 0.496 e. The van der Waals surface area contributed by atoms with Crippen molar-refractivity contribution in [2.75, 3.05) is 20.0 Å². The molecule has 0 N–H and O–H groups in total. The molecule has 3 nitrogen and oxygen atoms in total. The molecular weight excluding hydrogens is 272 g/mol. The number of rotatable bonds is 6. The van der Waals surface area contributed by atoms with E-state index in [4.69, 9.17) is 9.47 Å². The second-order valence-electron chi connectivity index (χ2n) is 4.09. The van der Waals surface area contributed by atoms with E-state index < -0.39 is 0 Å². The van der Waals surface area contributed by atoms with Crippen molar-refractivity contribution in [2.24, 2.45) is 0 Å². The molecule has 2 aromatic carbocycles. The highest BCUT2D eigenvalue weighted by atomic mass is 32.2. The van der Waals surface area contributed by atoms with E-state index in [2.05, 4.69) is 0 Å². The van der Waals surface area contributed by atoms with Crippen LogP contribution >= 0.6 is 11.8 Å². The van der Waals surface area contributed by atoms with Crippen molar-refractivity contribution in [1.82, 2.24) is 0 Å². The quantitative estimate of drug-likeness (QED) is 0.600. The van der Waals surface area contributed by atoms with Crippen molar-refractivity contribution in [3.05, 3.63) is 54.1 Å². The number of para-hydroxylation sites is 1. The number of carbonyl (C=O) groups is 1. The van der Waals surface area contributed by atoms with Gasteiger partial charge in [0.05, 0.1) is 12.7 Å². The standard InChI is InChI=1S/C16H16O3S/c1-18-16-6-4-3-5-14(16)15(17)11-19-12-7-9-13(20-2)10-8-12/h3-10H,11H2,1-2H3. The van der Waals surface area contributed by atoms with E-state index in [-0.39, 0.29) is 12.4 Å². The number of Topliss-reactive ketones (excluding diaryl/α,β-unsaturated/α-hetero) is 1. The molecule has 0 saturated heterocycles. The van der Waals surface area contributed by atoms with Crippen molar-refractivity contribution in [1.29, 1.82) is 0 Å². The summed E-state index contributed by atoms with van der Waals surface area (Å²) in [7, 11) is 1.55. The molecule has 0 fully saturated rings. The van der Waals surface area contributed by atoms with Crippen molar-refractivity contribution < 1.29 is 14.3 Å². The molecule has 0 saturated carbocycles. The second kappa shape index (κ2) is 7.01. The van der Waals surface area contributed by atoms with Gasteiger partial charge in [-0.2, -0.15) is 0 Å². The van der Waals surface area contributed by atoms with Crippen LogP contribution in [0.4, 0.5) is 0 Å². The van der Waals surface area contributed by atoms with Crippen molar-refractivity contribution in [3.8, 4) is 11.5 Å². The summed E-state index contributed by atoms with van der Waals surface area (Å²) in [6.07, 6.45) is 2.01. The summed E-state index contributed by atoms with van der Waals surface area (Å²) in [6.45, 7) is -0.00100. The summed E-state index contributed by atoms with van der Waals surface area (Å²) in [5.41, 5.74) is 0.538. The van der Waals surface area contributed by atoms with Crippen LogP contribution in [0, 0.1) is 0 Å². The Balaban J connectivity index is 2.01. The summed E-state index contributed by atoms with van der Waals surface area (Å²) in [5, 5.41) is 0. The van der Waals surface area contributed by atoms with Gasteiger partial charge >= 0.3 is 0 Å². The highest BCUT2D eigenvalue weighted by Crippen LogP contribution is 2.21. The molecule has 0 aliphatic heterocycles. The van der Waals surface area contributed by atoms with Gasteiger partial charge < -0.3 is 9.47 Å². The van der Waals surface area contributed by atoms with Gasteiger partial charge in [-0.3, -0.25) is 4.79 Å². The molecule has 4 heteroatoms. The first-order chi connectivity index (χ1) is 9.74. The lowest BCUT2D eigenvalue weighted by Gasteiger charge is -2.09. The molecule has 0 radical (unpaired) electrons. The summed E-state index contributed by atoms with van der Waals surface area (Å²) in [4.78, 5) is 13.3. The number of carbonyl (C=O) groups excluding carboxylic acids is 1. The van der Waals surface area contributed by atoms with Crippen LogP contribution in [-0.2, 0) is 0 Å². The smallest absolute Gasteiger partial charge is 0.203 e. The summed E-state index contributed by atoms with van der Waals surface area (Å²) < 4.78 is 10.7. The maximum atomic E-state index is 12.1. The monoisotopic (exact) mass is 288 g/mol. The molecule has 0 aliphatic rings. The number of ketones is 1. The first-order valence-electron chi connectivity index (χ1n) is 6.17. The molecule has 0 aromatic heterocycles. The molecule has 104 valence electrons. The zero-order valence-corrected chi connectivity index (χ0v) is 12.3. The minimum Gasteiger partial charge on any atom is -0.496 e. The maximum Gasteiger partial charge on any atom is 0.203 e. The van der Waals surface area contributed by atoms with Crippen LogP contribution in [0.3, 0.4) is 0 Å². The molecule has 0 atom stereocenters. The average Bonchev–Trinajstić information content (AvgIpc) is 2.53. The molecule has 0 heterocycles. The first-order valence-corrected chi connectivity index (χ1v) is 7.40. The normalized spacial score (nSPS) is 10.1. The third kappa shape index (κ3) is 3.54. The molecular formula is C16H16O3S. The van der Waals surface area contributed by atoms with Gasteiger partial charge in [-0.25, -0.2) is 0 Å². The summed E-state index contributed by atoms with van der Waals surface area (Å²) in [6, 6.07) is 14.8. The van der Waals surface area contributed by atoms with E-state index in [1.54, 1.807) is 31.0 Å². The zero-order valence-electron chi connectivity index (χ0n) is 11.5. The van der Waals surface area contributed by atoms with Crippen LogP contribution in [0.25, 0.3) is 0 Å². The predicted molar refractivity (Wildman–Crippen MR) is 81.0 cm³/mol. The Morgan fingerprint density at radius 1 is 1.10 bits per heavy atom. The SMILES string of the molecule is COc1ccccc1C(=O)COc1ccc(SC)cc1. The van der Waals surface area contributed by atoms with E-state index in [9.17, 15) is 4.79 Å². The maximum absolute atomic E-state index is 12.1. The van der Waals surface area contributed by atoms with Crippen LogP contribution in [0.2, 0.25) is 0 Å². The Morgan fingerprint density at radius 2 is 1.80 bits per heavy atom. The van der Waals surface area contributed by atoms with Crippen molar-refractivity contribution >= 4 is 17.5 Å². The Morgan fingerprint density at radius 3 is 2.45 bits per heavy atom. The Kier molecular flexibility index (Phi) is 5.07. The molecule has 20 heavy (non-hydrogen) atoms. The van der Waals surface area contributed by atoms with Gasteiger partial charge in [-0.1, -0.05) is 12.1 Å². The van der Waals surface area contributed by atoms with E-state index in [0.29, 0.717) is 17.1 Å². The minimum absolute atomic E-state index is 0.00100. The average molecular weight is 288 g/mol. The lowest BCUT2D eigenvalue weighted by atomic mass is 10.1. The number of ether oxygens (including phenoxy) is 2. The number of hydrogen-bond donors (Lipinski definition) is 0. The number of hydrogen-bond acceptors (Lipinski definition) is 4. The van der Waals surface area contributed by atoms with Gasteiger partial charge in [0.2, 0.25) is 5.78 Å². The lowest BCUT2D eigenvalue weighted by Crippen LogP contribution is -2.12. The van der Waals surface area contributed by atoms with Crippen LogP contribution < -0.4 is 9.47 Å². The molecule has 2 rings (SSSR count). The Hall–Kier alpha value is -1.94. The third-order valence-electron chi connectivity index (χ3n) is 2.84. The highest BCUT2D eigenvalue weighted by molar-refractivity contribution is 7.98. The van der Waals surface area contributed by atoms with Gasteiger partial charge in [0.25, 0.3) is 0 Å².